The molecule has 0 saturated heterocycles. The summed E-state index contributed by atoms with van der Waals surface area (Å²) in [5.74, 6) is 0. The minimum absolute atomic E-state index is 0.811. The van der Waals surface area contributed by atoms with Crippen molar-refractivity contribution in [1.29, 1.82) is 0 Å². The fourth-order valence-corrected chi connectivity index (χ4v) is 1.78. The number of hydrogen-bond donors (Lipinski definition) is 2. The molecule has 4 heteroatoms. The first kappa shape index (κ1) is 15.2. The number of anilines is 3. The van der Waals surface area contributed by atoms with Crippen molar-refractivity contribution in [2.75, 3.05) is 36.7 Å². The second kappa shape index (κ2) is 7.59. The van der Waals surface area contributed by atoms with Crippen molar-refractivity contribution in [1.82, 2.24) is 0 Å². The molecule has 102 valence electrons. The summed E-state index contributed by atoms with van der Waals surface area (Å²) in [6.45, 7) is 0. The fourth-order valence-electron chi connectivity index (χ4n) is 1.38. The molecule has 0 aliphatic heterocycles. The molecule has 0 spiro atoms. The van der Waals surface area contributed by atoms with E-state index < -0.39 is 0 Å². The van der Waals surface area contributed by atoms with E-state index in [1.54, 1.807) is 11.8 Å². The molecule has 2 aromatic carbocycles. The minimum Gasteiger partial charge on any atom is -0.399 e. The van der Waals surface area contributed by atoms with E-state index in [9.17, 15) is 0 Å². The van der Waals surface area contributed by atoms with Crippen molar-refractivity contribution in [3.05, 3.63) is 48.5 Å². The van der Waals surface area contributed by atoms with Crippen LogP contribution in [0.1, 0.15) is 0 Å². The van der Waals surface area contributed by atoms with Gasteiger partial charge in [-0.3, -0.25) is 0 Å². The lowest BCUT2D eigenvalue weighted by Crippen LogP contribution is -2.08. The van der Waals surface area contributed by atoms with Crippen LogP contribution < -0.4 is 16.4 Å². The van der Waals surface area contributed by atoms with Gasteiger partial charge in [-0.25, -0.2) is 0 Å². The topological polar surface area (TPSA) is 55.3 Å². The normalized spacial score (nSPS) is 9.42. The van der Waals surface area contributed by atoms with Gasteiger partial charge >= 0.3 is 0 Å². The van der Waals surface area contributed by atoms with E-state index in [0.717, 1.165) is 11.4 Å². The summed E-state index contributed by atoms with van der Waals surface area (Å²) >= 11 is 1.72. The summed E-state index contributed by atoms with van der Waals surface area (Å²) in [5, 5.41) is 0. The Morgan fingerprint density at radius 1 is 0.789 bits per heavy atom. The molecule has 0 unspecified atom stereocenters. The van der Waals surface area contributed by atoms with E-state index in [0.29, 0.717) is 0 Å². The van der Waals surface area contributed by atoms with E-state index >= 15 is 0 Å². The summed E-state index contributed by atoms with van der Waals surface area (Å²) in [6.07, 6.45) is 2.05. The average Bonchev–Trinajstić information content (AvgIpc) is 2.41. The van der Waals surface area contributed by atoms with Crippen LogP contribution >= 0.6 is 11.8 Å². The molecule has 0 aliphatic rings. The van der Waals surface area contributed by atoms with Gasteiger partial charge in [0.25, 0.3) is 0 Å². The largest absolute Gasteiger partial charge is 0.399 e. The van der Waals surface area contributed by atoms with Crippen LogP contribution in [-0.2, 0) is 0 Å². The number of thioether (sulfide) groups is 1. The lowest BCUT2D eigenvalue weighted by molar-refractivity contribution is 1.13. The number of nitrogens with zero attached hydrogens (tertiary/aromatic N) is 1. The van der Waals surface area contributed by atoms with Gasteiger partial charge in [0.15, 0.2) is 0 Å². The Labute approximate surface area is 119 Å². The Balaban J connectivity index is 0.000000191. The minimum atomic E-state index is 0.811. The number of nitrogens with two attached hydrogens (primary N) is 2. The zero-order valence-electron chi connectivity index (χ0n) is 11.6. The van der Waals surface area contributed by atoms with Gasteiger partial charge in [-0.05, 0) is 54.8 Å². The van der Waals surface area contributed by atoms with Crippen molar-refractivity contribution in [2.24, 2.45) is 0 Å². The van der Waals surface area contributed by atoms with Crippen LogP contribution in [0.2, 0.25) is 0 Å². The number of rotatable bonds is 2. The zero-order valence-corrected chi connectivity index (χ0v) is 12.4. The Bertz CT molecular complexity index is 478. The molecule has 0 amide bonds. The van der Waals surface area contributed by atoms with Gasteiger partial charge in [-0.1, -0.05) is 0 Å². The first-order valence-corrected chi connectivity index (χ1v) is 7.18. The molecule has 2 rings (SSSR count). The highest BCUT2D eigenvalue weighted by Gasteiger charge is 1.91. The maximum absolute atomic E-state index is 5.51. The van der Waals surface area contributed by atoms with Crippen LogP contribution in [0.4, 0.5) is 17.1 Å². The molecule has 0 heterocycles. The number of hydrogen-bond acceptors (Lipinski definition) is 4. The second-order valence-corrected chi connectivity index (χ2v) is 5.14. The Morgan fingerprint density at radius 2 is 1.21 bits per heavy atom. The molecule has 19 heavy (non-hydrogen) atoms. The number of benzene rings is 2. The SMILES string of the molecule is CN(C)c1ccc(N)cc1.CSc1ccc(N)cc1. The summed E-state index contributed by atoms with van der Waals surface area (Å²) in [7, 11) is 4.01. The Morgan fingerprint density at radius 3 is 1.58 bits per heavy atom. The highest BCUT2D eigenvalue weighted by molar-refractivity contribution is 7.98. The second-order valence-electron chi connectivity index (χ2n) is 4.26. The van der Waals surface area contributed by atoms with Crippen LogP contribution in [0, 0.1) is 0 Å². The molecule has 0 saturated carbocycles. The van der Waals surface area contributed by atoms with Crippen LogP contribution in [0.25, 0.3) is 0 Å². The third-order valence-corrected chi connectivity index (χ3v) is 3.27. The van der Waals surface area contributed by atoms with Gasteiger partial charge in [-0.15, -0.1) is 11.8 Å². The summed E-state index contributed by atoms with van der Waals surface area (Å²) in [6, 6.07) is 15.6. The van der Waals surface area contributed by atoms with E-state index in [-0.39, 0.29) is 0 Å². The van der Waals surface area contributed by atoms with Crippen molar-refractivity contribution in [2.45, 2.75) is 4.90 Å². The Kier molecular flexibility index (Phi) is 6.09. The molecule has 0 aromatic heterocycles. The monoisotopic (exact) mass is 275 g/mol. The van der Waals surface area contributed by atoms with Gasteiger partial charge < -0.3 is 16.4 Å². The van der Waals surface area contributed by atoms with Crippen LogP contribution in [0.15, 0.2) is 53.4 Å². The highest BCUT2D eigenvalue weighted by Crippen LogP contribution is 2.15. The molecule has 0 radical (unpaired) electrons. The quantitative estimate of drug-likeness (QED) is 0.652. The first-order valence-electron chi connectivity index (χ1n) is 5.95. The molecule has 2 aromatic rings. The molecule has 0 atom stereocenters. The maximum atomic E-state index is 5.51. The average molecular weight is 275 g/mol. The predicted octanol–water partition coefficient (Wildman–Crippen LogP) is 3.33. The standard InChI is InChI=1S/C8H12N2.C7H9NS/c1-10(2)8-5-3-7(9)4-6-8;1-9-7-4-2-6(8)3-5-7/h3-6H,9H2,1-2H3;2-5H,8H2,1H3. The van der Waals surface area contributed by atoms with E-state index in [1.807, 2.05) is 73.8 Å². The van der Waals surface area contributed by atoms with E-state index in [4.69, 9.17) is 11.5 Å². The Hall–Kier alpha value is -1.81. The fraction of sp³-hybridized carbons (Fsp3) is 0.200. The van der Waals surface area contributed by atoms with Crippen molar-refractivity contribution >= 4 is 28.8 Å². The summed E-state index contributed by atoms with van der Waals surface area (Å²) in [5.41, 5.74) is 13.8. The van der Waals surface area contributed by atoms with Crippen molar-refractivity contribution in [3.8, 4) is 0 Å². The molecular weight excluding hydrogens is 254 g/mol. The van der Waals surface area contributed by atoms with Gasteiger partial charge in [0, 0.05) is 36.1 Å². The van der Waals surface area contributed by atoms with Crippen LogP contribution in [-0.4, -0.2) is 20.4 Å². The summed E-state index contributed by atoms with van der Waals surface area (Å²) < 4.78 is 0. The van der Waals surface area contributed by atoms with E-state index in [1.165, 1.54) is 10.6 Å². The predicted molar refractivity (Wildman–Crippen MR) is 87.8 cm³/mol. The van der Waals surface area contributed by atoms with Crippen LogP contribution in [0.3, 0.4) is 0 Å². The highest BCUT2D eigenvalue weighted by atomic mass is 32.2. The lowest BCUT2D eigenvalue weighted by Gasteiger charge is -2.11. The summed E-state index contributed by atoms with van der Waals surface area (Å²) in [4.78, 5) is 3.30. The zero-order chi connectivity index (χ0) is 14.3. The van der Waals surface area contributed by atoms with Gasteiger partial charge in [-0.2, -0.15) is 0 Å². The van der Waals surface area contributed by atoms with Crippen molar-refractivity contribution < 1.29 is 0 Å². The van der Waals surface area contributed by atoms with Gasteiger partial charge in [0.05, 0.1) is 0 Å². The van der Waals surface area contributed by atoms with Gasteiger partial charge in [0.2, 0.25) is 0 Å². The van der Waals surface area contributed by atoms with Gasteiger partial charge in [0.1, 0.15) is 0 Å². The third kappa shape index (κ3) is 5.57. The van der Waals surface area contributed by atoms with Crippen LogP contribution in [0.5, 0.6) is 0 Å². The molecule has 3 nitrogen and oxygen atoms in total. The lowest BCUT2D eigenvalue weighted by atomic mass is 10.3. The first-order chi connectivity index (χ1) is 9.02. The third-order valence-electron chi connectivity index (χ3n) is 2.53. The molecular formula is C15H21N3S. The molecule has 0 fully saturated rings. The smallest absolute Gasteiger partial charge is 0.0362 e. The van der Waals surface area contributed by atoms with E-state index in [2.05, 4.69) is 0 Å². The van der Waals surface area contributed by atoms with Crippen molar-refractivity contribution in [3.63, 3.8) is 0 Å². The molecule has 0 aliphatic carbocycles. The number of nitrogen functional groups attached to an aromatic ring is 2. The maximum Gasteiger partial charge on any atom is 0.0362 e. The molecule has 4 N–H and O–H groups in total. The molecule has 0 bridgehead atoms.